The SMILES string of the molecule is CC1CCCC(N)(CN2CC(C)OC(C)(C)C2)C1. The van der Waals surface area contributed by atoms with Crippen LogP contribution in [-0.4, -0.2) is 41.8 Å². The van der Waals surface area contributed by atoms with E-state index in [0.717, 1.165) is 25.6 Å². The van der Waals surface area contributed by atoms with E-state index in [0.29, 0.717) is 6.10 Å². The lowest BCUT2D eigenvalue weighted by atomic mass is 9.76. The largest absolute Gasteiger partial charge is 0.370 e. The minimum absolute atomic E-state index is 0.0325. The van der Waals surface area contributed by atoms with Crippen LogP contribution in [0.4, 0.5) is 0 Å². The molecule has 1 aliphatic carbocycles. The third-order valence-corrected chi connectivity index (χ3v) is 4.30. The standard InChI is InChI=1S/C15H30N2O/c1-12-6-5-7-15(16,8-12)11-17-9-13(2)18-14(3,4)10-17/h12-13H,5-11,16H2,1-4H3. The highest BCUT2D eigenvalue weighted by Crippen LogP contribution is 2.32. The number of ether oxygens (including phenoxy) is 1. The van der Waals surface area contributed by atoms with Gasteiger partial charge < -0.3 is 10.5 Å². The molecule has 3 atom stereocenters. The zero-order valence-electron chi connectivity index (χ0n) is 12.5. The second-order valence-electron chi connectivity index (χ2n) is 7.42. The van der Waals surface area contributed by atoms with Gasteiger partial charge in [0.1, 0.15) is 0 Å². The average Bonchev–Trinajstić information content (AvgIpc) is 2.11. The highest BCUT2D eigenvalue weighted by Gasteiger charge is 2.37. The van der Waals surface area contributed by atoms with Crippen LogP contribution >= 0.6 is 0 Å². The zero-order chi connectivity index (χ0) is 13.4. The van der Waals surface area contributed by atoms with Gasteiger partial charge in [0.15, 0.2) is 0 Å². The van der Waals surface area contributed by atoms with Crippen molar-refractivity contribution in [3.8, 4) is 0 Å². The van der Waals surface area contributed by atoms with Gasteiger partial charge in [0.2, 0.25) is 0 Å². The molecule has 0 aromatic rings. The molecule has 3 nitrogen and oxygen atoms in total. The quantitative estimate of drug-likeness (QED) is 0.822. The Morgan fingerprint density at radius 1 is 1.33 bits per heavy atom. The average molecular weight is 254 g/mol. The summed E-state index contributed by atoms with van der Waals surface area (Å²) in [6, 6.07) is 0. The fourth-order valence-electron chi connectivity index (χ4n) is 4.00. The highest BCUT2D eigenvalue weighted by atomic mass is 16.5. The summed E-state index contributed by atoms with van der Waals surface area (Å²) in [7, 11) is 0. The van der Waals surface area contributed by atoms with E-state index >= 15 is 0 Å². The van der Waals surface area contributed by atoms with E-state index in [4.69, 9.17) is 10.5 Å². The smallest absolute Gasteiger partial charge is 0.0757 e. The van der Waals surface area contributed by atoms with Gasteiger partial charge in [0, 0.05) is 25.2 Å². The Bertz CT molecular complexity index is 292. The van der Waals surface area contributed by atoms with Crippen molar-refractivity contribution in [3.05, 3.63) is 0 Å². The van der Waals surface area contributed by atoms with E-state index in [1.54, 1.807) is 0 Å². The number of morpholine rings is 1. The van der Waals surface area contributed by atoms with Gasteiger partial charge in [-0.15, -0.1) is 0 Å². The van der Waals surface area contributed by atoms with Crippen molar-refractivity contribution < 1.29 is 4.74 Å². The number of nitrogens with two attached hydrogens (primary N) is 1. The van der Waals surface area contributed by atoms with Crippen molar-refractivity contribution in [2.75, 3.05) is 19.6 Å². The van der Waals surface area contributed by atoms with Crippen LogP contribution < -0.4 is 5.73 Å². The molecule has 1 aliphatic heterocycles. The van der Waals surface area contributed by atoms with Crippen LogP contribution in [0.2, 0.25) is 0 Å². The summed E-state index contributed by atoms with van der Waals surface area (Å²) in [4.78, 5) is 2.52. The van der Waals surface area contributed by atoms with E-state index in [9.17, 15) is 0 Å². The fraction of sp³-hybridized carbons (Fsp3) is 1.00. The Morgan fingerprint density at radius 3 is 2.67 bits per heavy atom. The highest BCUT2D eigenvalue weighted by molar-refractivity contribution is 4.95. The minimum atomic E-state index is -0.0334. The molecule has 2 fully saturated rings. The monoisotopic (exact) mass is 254 g/mol. The molecule has 0 radical (unpaired) electrons. The summed E-state index contributed by atoms with van der Waals surface area (Å²) >= 11 is 0. The van der Waals surface area contributed by atoms with Crippen molar-refractivity contribution in [2.24, 2.45) is 11.7 Å². The molecular formula is C15H30N2O. The zero-order valence-corrected chi connectivity index (χ0v) is 12.5. The van der Waals surface area contributed by atoms with Gasteiger partial charge in [-0.3, -0.25) is 4.90 Å². The predicted octanol–water partition coefficient (Wildman–Crippen LogP) is 2.39. The Balaban J connectivity index is 1.95. The van der Waals surface area contributed by atoms with Gasteiger partial charge in [0.05, 0.1) is 11.7 Å². The van der Waals surface area contributed by atoms with E-state index in [2.05, 4.69) is 32.6 Å². The van der Waals surface area contributed by atoms with Crippen molar-refractivity contribution in [2.45, 2.75) is 70.6 Å². The topological polar surface area (TPSA) is 38.5 Å². The Labute approximate surface area is 112 Å². The fourth-order valence-corrected chi connectivity index (χ4v) is 4.00. The van der Waals surface area contributed by atoms with Gasteiger partial charge in [-0.1, -0.05) is 19.8 Å². The first-order chi connectivity index (χ1) is 8.28. The van der Waals surface area contributed by atoms with Crippen molar-refractivity contribution >= 4 is 0 Å². The van der Waals surface area contributed by atoms with Gasteiger partial charge in [-0.25, -0.2) is 0 Å². The summed E-state index contributed by atoms with van der Waals surface area (Å²) in [6.45, 7) is 11.9. The predicted molar refractivity (Wildman–Crippen MR) is 75.6 cm³/mol. The van der Waals surface area contributed by atoms with E-state index < -0.39 is 0 Å². The molecule has 0 bridgehead atoms. The third kappa shape index (κ3) is 3.69. The summed E-state index contributed by atoms with van der Waals surface area (Å²) in [5.74, 6) is 0.787. The van der Waals surface area contributed by atoms with Crippen LogP contribution in [0, 0.1) is 5.92 Å². The minimum Gasteiger partial charge on any atom is -0.370 e. The van der Waals surface area contributed by atoms with Crippen LogP contribution in [0.1, 0.15) is 53.4 Å². The molecule has 2 aliphatic rings. The van der Waals surface area contributed by atoms with Gasteiger partial charge in [-0.05, 0) is 39.5 Å². The van der Waals surface area contributed by atoms with Crippen LogP contribution in [0.5, 0.6) is 0 Å². The van der Waals surface area contributed by atoms with Crippen molar-refractivity contribution in [3.63, 3.8) is 0 Å². The Kier molecular flexibility index (Phi) is 4.05. The van der Waals surface area contributed by atoms with E-state index in [-0.39, 0.29) is 11.1 Å². The lowest BCUT2D eigenvalue weighted by Crippen LogP contribution is -2.59. The maximum Gasteiger partial charge on any atom is 0.0757 e. The lowest BCUT2D eigenvalue weighted by molar-refractivity contribution is -0.132. The van der Waals surface area contributed by atoms with Crippen molar-refractivity contribution in [1.82, 2.24) is 4.90 Å². The lowest BCUT2D eigenvalue weighted by Gasteiger charge is -2.46. The van der Waals surface area contributed by atoms with Gasteiger partial charge in [-0.2, -0.15) is 0 Å². The van der Waals surface area contributed by atoms with Crippen LogP contribution in [0.25, 0.3) is 0 Å². The first kappa shape index (κ1) is 14.3. The molecule has 2 rings (SSSR count). The molecule has 1 heterocycles. The Morgan fingerprint density at radius 2 is 2.06 bits per heavy atom. The van der Waals surface area contributed by atoms with Crippen LogP contribution in [0.15, 0.2) is 0 Å². The molecule has 3 heteroatoms. The maximum atomic E-state index is 6.63. The molecule has 0 aromatic carbocycles. The molecule has 0 amide bonds. The van der Waals surface area contributed by atoms with Gasteiger partial charge >= 0.3 is 0 Å². The number of nitrogens with zero attached hydrogens (tertiary/aromatic N) is 1. The molecule has 2 N–H and O–H groups in total. The maximum absolute atomic E-state index is 6.63. The van der Waals surface area contributed by atoms with Crippen LogP contribution in [-0.2, 0) is 4.74 Å². The normalized spacial score (nSPS) is 41.8. The summed E-state index contributed by atoms with van der Waals surface area (Å²) < 4.78 is 5.96. The van der Waals surface area contributed by atoms with E-state index in [1.807, 2.05) is 0 Å². The van der Waals surface area contributed by atoms with Crippen LogP contribution in [0.3, 0.4) is 0 Å². The van der Waals surface area contributed by atoms with E-state index in [1.165, 1.54) is 25.7 Å². The first-order valence-electron chi connectivity index (χ1n) is 7.47. The third-order valence-electron chi connectivity index (χ3n) is 4.30. The first-order valence-corrected chi connectivity index (χ1v) is 7.47. The Hall–Kier alpha value is -0.120. The number of hydrogen-bond donors (Lipinski definition) is 1. The molecule has 0 aromatic heterocycles. The number of rotatable bonds is 2. The summed E-state index contributed by atoms with van der Waals surface area (Å²) in [5.41, 5.74) is 6.63. The molecular weight excluding hydrogens is 224 g/mol. The second kappa shape index (κ2) is 5.10. The molecule has 18 heavy (non-hydrogen) atoms. The molecule has 3 unspecified atom stereocenters. The summed E-state index contributed by atoms with van der Waals surface area (Å²) in [6.07, 6.45) is 5.33. The molecule has 0 spiro atoms. The van der Waals surface area contributed by atoms with Gasteiger partial charge in [0.25, 0.3) is 0 Å². The molecule has 1 saturated heterocycles. The van der Waals surface area contributed by atoms with Crippen molar-refractivity contribution in [1.29, 1.82) is 0 Å². The molecule has 1 saturated carbocycles. The molecule has 106 valence electrons. The number of hydrogen-bond acceptors (Lipinski definition) is 3. The second-order valence-corrected chi connectivity index (χ2v) is 7.42. The summed E-state index contributed by atoms with van der Waals surface area (Å²) in [5, 5.41) is 0.